The molecule has 1 atom stereocenters. The van der Waals surface area contributed by atoms with Gasteiger partial charge in [-0.15, -0.1) is 0 Å². The monoisotopic (exact) mass is 386 g/mol. The van der Waals surface area contributed by atoms with Crippen molar-refractivity contribution >= 4 is 23.6 Å². The van der Waals surface area contributed by atoms with Crippen molar-refractivity contribution < 1.29 is 14.3 Å². The molecule has 0 aliphatic heterocycles. The third kappa shape index (κ3) is 6.61. The molecule has 5 nitrogen and oxygen atoms in total. The predicted octanol–water partition coefficient (Wildman–Crippen LogP) is 4.85. The van der Waals surface area contributed by atoms with Gasteiger partial charge >= 0.3 is 0 Å². The van der Waals surface area contributed by atoms with Crippen LogP contribution in [0.15, 0.2) is 42.6 Å². The summed E-state index contributed by atoms with van der Waals surface area (Å²) in [5, 5.41) is 3.35. The largest absolute Gasteiger partial charge is 0.493 e. The van der Waals surface area contributed by atoms with Gasteiger partial charge in [0.15, 0.2) is 0 Å². The van der Waals surface area contributed by atoms with Crippen LogP contribution in [-0.4, -0.2) is 23.5 Å². The minimum atomic E-state index is -0.0592. The molecule has 0 unspecified atom stereocenters. The van der Waals surface area contributed by atoms with Gasteiger partial charge in [-0.25, -0.2) is 4.98 Å². The summed E-state index contributed by atoms with van der Waals surface area (Å²) < 4.78 is 11.6. The molecule has 1 fully saturated rings. The van der Waals surface area contributed by atoms with E-state index in [4.69, 9.17) is 21.1 Å². The van der Waals surface area contributed by atoms with Crippen LogP contribution in [0.2, 0.25) is 5.02 Å². The van der Waals surface area contributed by atoms with E-state index in [9.17, 15) is 4.79 Å². The van der Waals surface area contributed by atoms with Crippen LogP contribution in [0.25, 0.3) is 6.08 Å². The Morgan fingerprint density at radius 3 is 2.78 bits per heavy atom. The van der Waals surface area contributed by atoms with Gasteiger partial charge in [0.05, 0.1) is 6.61 Å². The Morgan fingerprint density at radius 1 is 1.33 bits per heavy atom. The number of carbonyl (C=O) groups excluding carboxylic acids is 1. The van der Waals surface area contributed by atoms with Crippen molar-refractivity contribution in [3.63, 3.8) is 0 Å². The molecule has 1 aromatic carbocycles. The maximum atomic E-state index is 11.0. The Morgan fingerprint density at radius 2 is 2.11 bits per heavy atom. The zero-order chi connectivity index (χ0) is 19.2. The lowest BCUT2D eigenvalue weighted by molar-refractivity contribution is -0.119. The van der Waals surface area contributed by atoms with Crippen LogP contribution in [0.4, 0.5) is 0 Å². The quantitative estimate of drug-likeness (QED) is 0.704. The first kappa shape index (κ1) is 19.2. The zero-order valence-corrected chi connectivity index (χ0v) is 16.2. The molecule has 1 aromatic heterocycles. The van der Waals surface area contributed by atoms with Crippen molar-refractivity contribution in [2.24, 2.45) is 5.92 Å². The Labute approximate surface area is 164 Å². The van der Waals surface area contributed by atoms with E-state index in [0.29, 0.717) is 28.3 Å². The summed E-state index contributed by atoms with van der Waals surface area (Å²) in [6.07, 6.45) is 7.98. The highest BCUT2D eigenvalue weighted by Gasteiger charge is 2.22. The van der Waals surface area contributed by atoms with E-state index in [1.165, 1.54) is 19.8 Å². The van der Waals surface area contributed by atoms with Crippen molar-refractivity contribution in [3.05, 3.63) is 53.2 Å². The topological polar surface area (TPSA) is 60.5 Å². The highest BCUT2D eigenvalue weighted by atomic mass is 35.5. The van der Waals surface area contributed by atoms with Crippen LogP contribution in [0.3, 0.4) is 0 Å². The summed E-state index contributed by atoms with van der Waals surface area (Å²) in [5.74, 6) is 2.37. The molecular weight excluding hydrogens is 364 g/mol. The lowest BCUT2D eigenvalue weighted by atomic mass is 10.2. The molecular formula is C21H23ClN2O3. The smallest absolute Gasteiger partial charge is 0.219 e. The first-order chi connectivity index (χ1) is 13.0. The average molecular weight is 387 g/mol. The highest BCUT2D eigenvalue weighted by molar-refractivity contribution is 6.30. The first-order valence-electron chi connectivity index (χ1n) is 9.00. The Balaban J connectivity index is 1.60. The van der Waals surface area contributed by atoms with Crippen LogP contribution in [0.5, 0.6) is 17.4 Å². The van der Waals surface area contributed by atoms with Crippen LogP contribution in [-0.2, 0) is 4.79 Å². The number of amides is 1. The second-order valence-electron chi connectivity index (χ2n) is 6.76. The molecule has 1 heterocycles. The molecule has 0 saturated heterocycles. The van der Waals surface area contributed by atoms with E-state index in [1.54, 1.807) is 24.4 Å². The van der Waals surface area contributed by atoms with E-state index in [-0.39, 0.29) is 11.9 Å². The zero-order valence-electron chi connectivity index (χ0n) is 15.4. The molecule has 1 saturated carbocycles. The summed E-state index contributed by atoms with van der Waals surface area (Å²) in [6, 6.07) is 8.98. The average Bonchev–Trinajstić information content (AvgIpc) is 3.43. The lowest BCUT2D eigenvalue weighted by Gasteiger charge is -2.10. The van der Waals surface area contributed by atoms with Crippen molar-refractivity contribution in [1.82, 2.24) is 10.3 Å². The van der Waals surface area contributed by atoms with Gasteiger partial charge < -0.3 is 14.8 Å². The molecule has 0 bridgehead atoms. The third-order valence-electron chi connectivity index (χ3n) is 4.02. The Bertz CT molecular complexity index is 817. The summed E-state index contributed by atoms with van der Waals surface area (Å²) in [7, 11) is 0. The molecule has 3 rings (SSSR count). The maximum absolute atomic E-state index is 11.0. The van der Waals surface area contributed by atoms with E-state index in [1.807, 2.05) is 31.2 Å². The lowest BCUT2D eigenvalue weighted by Crippen LogP contribution is -2.28. The van der Waals surface area contributed by atoms with Gasteiger partial charge in [0.2, 0.25) is 11.8 Å². The van der Waals surface area contributed by atoms with Crippen LogP contribution in [0, 0.1) is 5.92 Å². The van der Waals surface area contributed by atoms with E-state index in [0.717, 1.165) is 12.2 Å². The number of hydrogen-bond acceptors (Lipinski definition) is 4. The number of halogens is 1. The predicted molar refractivity (Wildman–Crippen MR) is 106 cm³/mol. The fourth-order valence-corrected chi connectivity index (χ4v) is 2.69. The maximum Gasteiger partial charge on any atom is 0.219 e. The van der Waals surface area contributed by atoms with Gasteiger partial charge in [0.25, 0.3) is 0 Å². The number of rotatable bonds is 8. The fourth-order valence-electron chi connectivity index (χ4n) is 2.47. The van der Waals surface area contributed by atoms with Crippen molar-refractivity contribution in [3.8, 4) is 17.4 Å². The number of aromatic nitrogens is 1. The molecule has 1 aliphatic rings. The standard InChI is InChI=1S/C21H23ClN2O3/c1-14(24-15(2)25)3-4-16-7-8-21(23-12-16)27-20-10-18(22)9-19(11-20)26-13-17-5-6-17/h3-4,7-12,14,17H,5-6,13H2,1-2H3,(H,24,25)/b4-3+/t14-/m0/s1. The molecule has 1 N–H and O–H groups in total. The molecule has 142 valence electrons. The van der Waals surface area contributed by atoms with E-state index < -0.39 is 0 Å². The number of nitrogens with zero attached hydrogens (tertiary/aromatic N) is 1. The van der Waals surface area contributed by atoms with Gasteiger partial charge in [0.1, 0.15) is 11.5 Å². The molecule has 1 aliphatic carbocycles. The van der Waals surface area contributed by atoms with Crippen molar-refractivity contribution in [1.29, 1.82) is 0 Å². The Hall–Kier alpha value is -2.53. The Kier molecular flexibility index (Phi) is 6.35. The molecule has 6 heteroatoms. The van der Waals surface area contributed by atoms with Gasteiger partial charge in [-0.1, -0.05) is 23.8 Å². The molecule has 1 amide bonds. The van der Waals surface area contributed by atoms with Gasteiger partial charge in [-0.05, 0) is 49.4 Å². The third-order valence-corrected chi connectivity index (χ3v) is 4.24. The van der Waals surface area contributed by atoms with E-state index in [2.05, 4.69) is 10.3 Å². The summed E-state index contributed by atoms with van der Waals surface area (Å²) >= 11 is 6.16. The van der Waals surface area contributed by atoms with Crippen LogP contribution in [0.1, 0.15) is 32.3 Å². The normalized spacial score (nSPS) is 14.8. The molecule has 27 heavy (non-hydrogen) atoms. The number of ether oxygens (including phenoxy) is 2. The van der Waals surface area contributed by atoms with Gasteiger partial charge in [0, 0.05) is 36.3 Å². The van der Waals surface area contributed by atoms with Crippen molar-refractivity contribution in [2.75, 3.05) is 6.61 Å². The summed E-state index contributed by atoms with van der Waals surface area (Å²) in [4.78, 5) is 15.3. The number of benzene rings is 1. The second-order valence-corrected chi connectivity index (χ2v) is 7.19. The summed E-state index contributed by atoms with van der Waals surface area (Å²) in [5.41, 5.74) is 0.916. The minimum absolute atomic E-state index is 0.0426. The number of carbonyl (C=O) groups is 1. The second kappa shape index (κ2) is 8.91. The molecule has 0 radical (unpaired) electrons. The minimum Gasteiger partial charge on any atom is -0.493 e. The van der Waals surface area contributed by atoms with Crippen molar-refractivity contribution in [2.45, 2.75) is 32.7 Å². The summed E-state index contributed by atoms with van der Waals surface area (Å²) in [6.45, 7) is 4.12. The number of pyridine rings is 1. The van der Waals surface area contributed by atoms with Crippen LogP contribution < -0.4 is 14.8 Å². The fraction of sp³-hybridized carbons (Fsp3) is 0.333. The van der Waals surface area contributed by atoms with Gasteiger partial charge in [-0.2, -0.15) is 0 Å². The van der Waals surface area contributed by atoms with E-state index >= 15 is 0 Å². The molecule has 0 spiro atoms. The first-order valence-corrected chi connectivity index (χ1v) is 9.38. The highest BCUT2D eigenvalue weighted by Crippen LogP contribution is 2.32. The van der Waals surface area contributed by atoms with Crippen LogP contribution >= 0.6 is 11.6 Å². The number of nitrogens with one attached hydrogen (secondary N) is 1. The SMILES string of the molecule is CC(=O)N[C@@H](C)/C=C/c1ccc(Oc2cc(Cl)cc(OCC3CC3)c2)nc1. The molecule has 2 aromatic rings. The number of hydrogen-bond donors (Lipinski definition) is 1. The van der Waals surface area contributed by atoms with Gasteiger partial charge in [-0.3, -0.25) is 4.79 Å².